The van der Waals surface area contributed by atoms with Crippen LogP contribution < -0.4 is 14.9 Å². The lowest BCUT2D eigenvalue weighted by Crippen LogP contribution is -2.16. The normalized spacial score (nSPS) is 10.7. The average molecular weight is 367 g/mol. The number of amides is 1. The molecule has 0 saturated heterocycles. The predicted octanol–water partition coefficient (Wildman–Crippen LogP) is 3.21. The van der Waals surface area contributed by atoms with Crippen molar-refractivity contribution in [2.24, 2.45) is 5.10 Å². The third-order valence-corrected chi connectivity index (χ3v) is 3.09. The van der Waals surface area contributed by atoms with Gasteiger partial charge in [-0.3, -0.25) is 4.79 Å². The van der Waals surface area contributed by atoms with Crippen LogP contribution in [0.4, 0.5) is 0 Å². The van der Waals surface area contributed by atoms with E-state index in [0.717, 1.165) is 5.56 Å². The van der Waals surface area contributed by atoms with Crippen molar-refractivity contribution in [1.82, 2.24) is 5.43 Å². The molecule has 0 bridgehead atoms. The summed E-state index contributed by atoms with van der Waals surface area (Å²) >= 11 is 3.13. The molecule has 1 N–H and O–H groups in total. The molecule has 0 atom stereocenters. The van der Waals surface area contributed by atoms with Gasteiger partial charge in [-0.1, -0.05) is 0 Å². The Bertz CT molecular complexity index is 682. The van der Waals surface area contributed by atoms with Crippen LogP contribution in [0.5, 0.6) is 11.5 Å². The van der Waals surface area contributed by atoms with Crippen molar-refractivity contribution in [2.75, 3.05) is 13.7 Å². The zero-order valence-corrected chi connectivity index (χ0v) is 13.7. The summed E-state index contributed by atoms with van der Waals surface area (Å²) in [5.41, 5.74) is 3.15. The van der Waals surface area contributed by atoms with Crippen LogP contribution in [0.1, 0.15) is 23.0 Å². The van der Waals surface area contributed by atoms with Gasteiger partial charge in [0.25, 0.3) is 0 Å². The number of halogens is 1. The van der Waals surface area contributed by atoms with Gasteiger partial charge in [-0.15, -0.1) is 0 Å². The summed E-state index contributed by atoms with van der Waals surface area (Å²) in [7, 11) is 1.56. The Morgan fingerprint density at radius 1 is 1.36 bits per heavy atom. The second-order valence-corrected chi connectivity index (χ2v) is 4.93. The first-order valence-corrected chi connectivity index (χ1v) is 7.33. The number of rotatable bonds is 6. The Labute approximate surface area is 136 Å². The Hall–Kier alpha value is -2.28. The average Bonchev–Trinajstić information content (AvgIpc) is 2.95. The van der Waals surface area contributed by atoms with Gasteiger partial charge < -0.3 is 13.9 Å². The number of ether oxygens (including phenoxy) is 2. The van der Waals surface area contributed by atoms with Gasteiger partial charge in [0.15, 0.2) is 21.9 Å². The Balaban J connectivity index is 2.02. The summed E-state index contributed by atoms with van der Waals surface area (Å²) in [6.07, 6.45) is 1.51. The number of carbonyl (C=O) groups is 1. The van der Waals surface area contributed by atoms with E-state index in [9.17, 15) is 4.79 Å². The van der Waals surface area contributed by atoms with Crippen molar-refractivity contribution >= 4 is 28.1 Å². The lowest BCUT2D eigenvalue weighted by Gasteiger charge is -2.09. The van der Waals surface area contributed by atoms with E-state index < -0.39 is 5.91 Å². The molecule has 1 heterocycles. The topological polar surface area (TPSA) is 73.1 Å². The monoisotopic (exact) mass is 366 g/mol. The molecule has 0 aliphatic rings. The highest BCUT2D eigenvalue weighted by Crippen LogP contribution is 2.27. The van der Waals surface area contributed by atoms with Crippen LogP contribution in [0.2, 0.25) is 0 Å². The maximum atomic E-state index is 11.7. The molecule has 22 heavy (non-hydrogen) atoms. The first kappa shape index (κ1) is 16.1. The minimum absolute atomic E-state index is 0.174. The summed E-state index contributed by atoms with van der Waals surface area (Å²) in [5, 5.41) is 3.88. The van der Waals surface area contributed by atoms with E-state index in [1.165, 1.54) is 6.21 Å². The van der Waals surface area contributed by atoms with Gasteiger partial charge in [-0.05, 0) is 58.7 Å². The molecule has 0 aliphatic carbocycles. The second-order valence-electron chi connectivity index (χ2n) is 4.15. The Morgan fingerprint density at radius 3 is 2.82 bits per heavy atom. The number of hydrogen-bond donors (Lipinski definition) is 1. The van der Waals surface area contributed by atoms with Crippen molar-refractivity contribution in [3.8, 4) is 11.5 Å². The molecule has 7 heteroatoms. The third kappa shape index (κ3) is 4.11. The van der Waals surface area contributed by atoms with Crippen molar-refractivity contribution in [2.45, 2.75) is 6.92 Å². The van der Waals surface area contributed by atoms with Gasteiger partial charge in [0.1, 0.15) is 0 Å². The zero-order chi connectivity index (χ0) is 15.9. The molecular formula is C15H15BrN2O4. The molecule has 0 saturated carbocycles. The molecule has 2 rings (SSSR count). The SMILES string of the molecule is CCOc1ccc(C=NNC(=O)c2ccc(Br)o2)cc1OC. The maximum Gasteiger partial charge on any atom is 0.307 e. The molecule has 6 nitrogen and oxygen atoms in total. The van der Waals surface area contributed by atoms with Gasteiger partial charge in [0, 0.05) is 0 Å². The quantitative estimate of drug-likeness (QED) is 0.629. The number of hydrazone groups is 1. The van der Waals surface area contributed by atoms with Crippen LogP contribution in [0.25, 0.3) is 0 Å². The van der Waals surface area contributed by atoms with Crippen LogP contribution >= 0.6 is 15.9 Å². The molecule has 1 aromatic heterocycles. The summed E-state index contributed by atoms with van der Waals surface area (Å²) in [6.45, 7) is 2.45. The minimum atomic E-state index is -0.431. The highest BCUT2D eigenvalue weighted by molar-refractivity contribution is 9.10. The lowest BCUT2D eigenvalue weighted by molar-refractivity contribution is 0.0926. The van der Waals surface area contributed by atoms with Gasteiger partial charge in [0.2, 0.25) is 0 Å². The second kappa shape index (κ2) is 7.65. The van der Waals surface area contributed by atoms with E-state index in [2.05, 4.69) is 26.5 Å². The highest BCUT2D eigenvalue weighted by atomic mass is 79.9. The number of methoxy groups -OCH3 is 1. The van der Waals surface area contributed by atoms with E-state index in [-0.39, 0.29) is 5.76 Å². The Morgan fingerprint density at radius 2 is 2.18 bits per heavy atom. The van der Waals surface area contributed by atoms with Crippen molar-refractivity contribution < 1.29 is 18.7 Å². The van der Waals surface area contributed by atoms with Crippen LogP contribution in [-0.2, 0) is 0 Å². The Kier molecular flexibility index (Phi) is 5.60. The first-order chi connectivity index (χ1) is 10.6. The molecule has 1 amide bonds. The first-order valence-electron chi connectivity index (χ1n) is 6.53. The number of hydrogen-bond acceptors (Lipinski definition) is 5. The van der Waals surface area contributed by atoms with Crippen LogP contribution in [0.3, 0.4) is 0 Å². The largest absolute Gasteiger partial charge is 0.493 e. The minimum Gasteiger partial charge on any atom is -0.493 e. The number of furan rings is 1. The molecule has 0 spiro atoms. The van der Waals surface area contributed by atoms with Gasteiger partial charge >= 0.3 is 5.91 Å². The zero-order valence-electron chi connectivity index (χ0n) is 12.1. The predicted molar refractivity (Wildman–Crippen MR) is 85.6 cm³/mol. The molecule has 1 aromatic carbocycles. The van der Waals surface area contributed by atoms with E-state index in [0.29, 0.717) is 22.8 Å². The summed E-state index contributed by atoms with van der Waals surface area (Å²) in [6, 6.07) is 8.55. The van der Waals surface area contributed by atoms with E-state index >= 15 is 0 Å². The molecule has 0 aliphatic heterocycles. The summed E-state index contributed by atoms with van der Waals surface area (Å²) in [5.74, 6) is 1.01. The highest BCUT2D eigenvalue weighted by Gasteiger charge is 2.09. The van der Waals surface area contributed by atoms with Gasteiger partial charge in [-0.2, -0.15) is 5.10 Å². The van der Waals surface area contributed by atoms with Crippen molar-refractivity contribution in [3.05, 3.63) is 46.3 Å². The molecule has 0 unspecified atom stereocenters. The molecule has 2 aromatic rings. The standard InChI is InChI=1S/C15H15BrN2O4/c1-3-21-11-5-4-10(8-13(11)20-2)9-17-18-15(19)12-6-7-14(16)22-12/h4-9H,3H2,1-2H3,(H,18,19). The number of carbonyl (C=O) groups excluding carboxylic acids is 1. The fourth-order valence-electron chi connectivity index (χ4n) is 1.70. The van der Waals surface area contributed by atoms with E-state index in [1.807, 2.05) is 13.0 Å². The molecule has 0 radical (unpaired) electrons. The number of nitrogens with zero attached hydrogens (tertiary/aromatic N) is 1. The van der Waals surface area contributed by atoms with Gasteiger partial charge in [-0.25, -0.2) is 5.43 Å². The van der Waals surface area contributed by atoms with Crippen LogP contribution in [0, 0.1) is 0 Å². The molecule has 0 fully saturated rings. The van der Waals surface area contributed by atoms with Crippen molar-refractivity contribution in [3.63, 3.8) is 0 Å². The fourth-order valence-corrected chi connectivity index (χ4v) is 2.00. The number of benzene rings is 1. The van der Waals surface area contributed by atoms with E-state index in [1.54, 1.807) is 31.4 Å². The van der Waals surface area contributed by atoms with Crippen molar-refractivity contribution in [1.29, 1.82) is 0 Å². The van der Waals surface area contributed by atoms with Crippen LogP contribution in [-0.4, -0.2) is 25.8 Å². The number of nitrogens with one attached hydrogen (secondary N) is 1. The summed E-state index contributed by atoms with van der Waals surface area (Å²) in [4.78, 5) is 11.7. The van der Waals surface area contributed by atoms with Gasteiger partial charge in [0.05, 0.1) is 19.9 Å². The molecule has 116 valence electrons. The summed E-state index contributed by atoms with van der Waals surface area (Å²) < 4.78 is 16.3. The molecular weight excluding hydrogens is 352 g/mol. The maximum absolute atomic E-state index is 11.7. The fraction of sp³-hybridized carbons (Fsp3) is 0.200. The smallest absolute Gasteiger partial charge is 0.307 e. The lowest BCUT2D eigenvalue weighted by atomic mass is 10.2. The van der Waals surface area contributed by atoms with Crippen LogP contribution in [0.15, 0.2) is 44.5 Å². The third-order valence-electron chi connectivity index (χ3n) is 2.66. The van der Waals surface area contributed by atoms with E-state index in [4.69, 9.17) is 13.9 Å².